The SMILES string of the molecule is OC1[C@@H]2CC=C[C@H]1CCC2. The van der Waals surface area contributed by atoms with Gasteiger partial charge in [-0.25, -0.2) is 0 Å². The average molecular weight is 138 g/mol. The topological polar surface area (TPSA) is 20.2 Å². The maximum atomic E-state index is 9.64. The largest absolute Gasteiger partial charge is 0.392 e. The molecule has 0 amide bonds. The summed E-state index contributed by atoms with van der Waals surface area (Å²) in [5, 5.41) is 9.64. The average Bonchev–Trinajstić information content (AvgIpc) is 1.86. The van der Waals surface area contributed by atoms with Crippen LogP contribution in [0.3, 0.4) is 0 Å². The van der Waals surface area contributed by atoms with E-state index in [0.29, 0.717) is 11.8 Å². The monoisotopic (exact) mass is 138 g/mol. The summed E-state index contributed by atoms with van der Waals surface area (Å²) in [6.45, 7) is 0. The van der Waals surface area contributed by atoms with Crippen LogP contribution in [0.2, 0.25) is 0 Å². The van der Waals surface area contributed by atoms with Crippen molar-refractivity contribution in [1.82, 2.24) is 0 Å². The molecule has 1 unspecified atom stereocenters. The number of aliphatic hydroxyl groups excluding tert-OH is 1. The third-order valence-corrected chi connectivity index (χ3v) is 2.86. The van der Waals surface area contributed by atoms with E-state index in [4.69, 9.17) is 0 Å². The van der Waals surface area contributed by atoms with E-state index >= 15 is 0 Å². The number of rotatable bonds is 0. The molecular weight excluding hydrogens is 124 g/mol. The number of aliphatic hydroxyl groups is 1. The van der Waals surface area contributed by atoms with Gasteiger partial charge in [-0.2, -0.15) is 0 Å². The molecule has 0 saturated heterocycles. The maximum absolute atomic E-state index is 9.64. The van der Waals surface area contributed by atoms with Gasteiger partial charge in [0.25, 0.3) is 0 Å². The molecule has 1 nitrogen and oxygen atoms in total. The minimum absolute atomic E-state index is 0.0150. The first kappa shape index (κ1) is 6.41. The van der Waals surface area contributed by atoms with Gasteiger partial charge in [0.05, 0.1) is 6.10 Å². The fraction of sp³-hybridized carbons (Fsp3) is 0.778. The highest BCUT2D eigenvalue weighted by atomic mass is 16.3. The summed E-state index contributed by atoms with van der Waals surface area (Å²) in [7, 11) is 0. The number of allylic oxidation sites excluding steroid dienone is 1. The van der Waals surface area contributed by atoms with Crippen LogP contribution < -0.4 is 0 Å². The molecule has 1 fully saturated rings. The van der Waals surface area contributed by atoms with Gasteiger partial charge < -0.3 is 5.11 Å². The fourth-order valence-electron chi connectivity index (χ4n) is 2.20. The molecule has 0 aromatic carbocycles. The molecule has 2 aliphatic rings. The van der Waals surface area contributed by atoms with Crippen LogP contribution in [0.25, 0.3) is 0 Å². The Hall–Kier alpha value is -0.300. The van der Waals surface area contributed by atoms with Gasteiger partial charge in [-0.1, -0.05) is 18.6 Å². The molecule has 3 atom stereocenters. The second-order valence-electron chi connectivity index (χ2n) is 3.51. The van der Waals surface area contributed by atoms with Crippen molar-refractivity contribution in [2.45, 2.75) is 31.8 Å². The first-order valence-corrected chi connectivity index (χ1v) is 4.22. The van der Waals surface area contributed by atoms with Crippen LogP contribution in [0.5, 0.6) is 0 Å². The van der Waals surface area contributed by atoms with Crippen LogP contribution in [0.4, 0.5) is 0 Å². The van der Waals surface area contributed by atoms with Crippen molar-refractivity contribution < 1.29 is 5.11 Å². The summed E-state index contributed by atoms with van der Waals surface area (Å²) < 4.78 is 0. The fourth-order valence-corrected chi connectivity index (χ4v) is 2.20. The second-order valence-corrected chi connectivity index (χ2v) is 3.51. The van der Waals surface area contributed by atoms with Gasteiger partial charge in [0, 0.05) is 5.92 Å². The maximum Gasteiger partial charge on any atom is 0.0633 e. The van der Waals surface area contributed by atoms with E-state index in [-0.39, 0.29) is 6.10 Å². The molecule has 10 heavy (non-hydrogen) atoms. The Bertz CT molecular complexity index is 151. The van der Waals surface area contributed by atoms with E-state index in [0.717, 1.165) is 6.42 Å². The normalized spacial score (nSPS) is 45.5. The van der Waals surface area contributed by atoms with Gasteiger partial charge in [-0.15, -0.1) is 0 Å². The molecule has 2 bridgehead atoms. The van der Waals surface area contributed by atoms with E-state index in [1.54, 1.807) is 0 Å². The van der Waals surface area contributed by atoms with Gasteiger partial charge in [-0.05, 0) is 25.2 Å². The molecule has 0 aromatic heterocycles. The molecule has 1 saturated carbocycles. The quantitative estimate of drug-likeness (QED) is 0.505. The molecule has 2 rings (SSSR count). The summed E-state index contributed by atoms with van der Waals surface area (Å²) in [6, 6.07) is 0. The van der Waals surface area contributed by atoms with Gasteiger partial charge >= 0.3 is 0 Å². The summed E-state index contributed by atoms with van der Waals surface area (Å²) in [4.78, 5) is 0. The van der Waals surface area contributed by atoms with Crippen molar-refractivity contribution in [3.8, 4) is 0 Å². The highest BCUT2D eigenvalue weighted by Crippen LogP contribution is 2.35. The number of fused-ring (bicyclic) bond motifs is 2. The predicted molar refractivity (Wildman–Crippen MR) is 40.6 cm³/mol. The molecule has 0 aliphatic heterocycles. The number of hydrogen-bond donors (Lipinski definition) is 1. The van der Waals surface area contributed by atoms with Gasteiger partial charge in [0.15, 0.2) is 0 Å². The molecule has 56 valence electrons. The van der Waals surface area contributed by atoms with Crippen LogP contribution in [-0.2, 0) is 0 Å². The van der Waals surface area contributed by atoms with Crippen molar-refractivity contribution in [2.24, 2.45) is 11.8 Å². The molecule has 1 N–H and O–H groups in total. The number of hydrogen-bond acceptors (Lipinski definition) is 1. The van der Waals surface area contributed by atoms with Crippen LogP contribution in [-0.4, -0.2) is 11.2 Å². The zero-order chi connectivity index (χ0) is 6.97. The standard InChI is InChI=1S/C9H14O/c10-9-7-3-1-4-8(9)6-2-5-7/h1,3,7-10H,2,4-6H2/t7-,8+,9?/m0/s1. The predicted octanol–water partition coefficient (Wildman–Crippen LogP) is 1.72. The van der Waals surface area contributed by atoms with Crippen molar-refractivity contribution in [3.63, 3.8) is 0 Å². The zero-order valence-electron chi connectivity index (χ0n) is 6.16. The third kappa shape index (κ3) is 0.891. The van der Waals surface area contributed by atoms with Crippen molar-refractivity contribution in [3.05, 3.63) is 12.2 Å². The van der Waals surface area contributed by atoms with E-state index in [1.807, 2.05) is 0 Å². The van der Waals surface area contributed by atoms with Crippen molar-refractivity contribution in [2.75, 3.05) is 0 Å². The van der Waals surface area contributed by atoms with E-state index in [9.17, 15) is 5.11 Å². The lowest BCUT2D eigenvalue weighted by Gasteiger charge is -2.35. The Labute approximate surface area is 61.8 Å². The lowest BCUT2D eigenvalue weighted by molar-refractivity contribution is 0.0315. The highest BCUT2D eigenvalue weighted by Gasteiger charge is 2.31. The third-order valence-electron chi connectivity index (χ3n) is 2.86. The Morgan fingerprint density at radius 1 is 1.30 bits per heavy atom. The first-order valence-electron chi connectivity index (χ1n) is 4.22. The lowest BCUT2D eigenvalue weighted by atomic mass is 9.74. The van der Waals surface area contributed by atoms with Crippen LogP contribution in [0, 0.1) is 11.8 Å². The van der Waals surface area contributed by atoms with Crippen molar-refractivity contribution >= 4 is 0 Å². The molecule has 0 heterocycles. The molecule has 2 aliphatic carbocycles. The molecule has 1 heteroatoms. The van der Waals surface area contributed by atoms with Crippen LogP contribution in [0.15, 0.2) is 12.2 Å². The van der Waals surface area contributed by atoms with E-state index in [2.05, 4.69) is 12.2 Å². The zero-order valence-corrected chi connectivity index (χ0v) is 6.16. The summed E-state index contributed by atoms with van der Waals surface area (Å²) in [6.07, 6.45) is 9.28. The van der Waals surface area contributed by atoms with E-state index < -0.39 is 0 Å². The Kier molecular flexibility index (Phi) is 1.53. The Morgan fingerprint density at radius 2 is 2.20 bits per heavy atom. The Balaban J connectivity index is 2.17. The Morgan fingerprint density at radius 3 is 2.90 bits per heavy atom. The van der Waals surface area contributed by atoms with Crippen LogP contribution >= 0.6 is 0 Å². The van der Waals surface area contributed by atoms with E-state index in [1.165, 1.54) is 19.3 Å². The molecule has 0 spiro atoms. The van der Waals surface area contributed by atoms with Crippen molar-refractivity contribution in [1.29, 1.82) is 0 Å². The van der Waals surface area contributed by atoms with Gasteiger partial charge in [0.1, 0.15) is 0 Å². The lowest BCUT2D eigenvalue weighted by Crippen LogP contribution is -2.34. The molecular formula is C9H14O. The second kappa shape index (κ2) is 2.39. The van der Waals surface area contributed by atoms with Crippen LogP contribution in [0.1, 0.15) is 25.7 Å². The van der Waals surface area contributed by atoms with Gasteiger partial charge in [-0.3, -0.25) is 0 Å². The minimum Gasteiger partial charge on any atom is -0.392 e. The highest BCUT2D eigenvalue weighted by molar-refractivity contribution is 5.03. The molecule has 0 radical (unpaired) electrons. The summed E-state index contributed by atoms with van der Waals surface area (Å²) in [5.74, 6) is 1.08. The smallest absolute Gasteiger partial charge is 0.0633 e. The summed E-state index contributed by atoms with van der Waals surface area (Å²) >= 11 is 0. The minimum atomic E-state index is -0.0150. The first-order chi connectivity index (χ1) is 4.88. The molecule has 0 aromatic rings. The summed E-state index contributed by atoms with van der Waals surface area (Å²) in [5.41, 5.74) is 0. The van der Waals surface area contributed by atoms with Gasteiger partial charge in [0.2, 0.25) is 0 Å².